The van der Waals surface area contributed by atoms with E-state index in [2.05, 4.69) is 27.1 Å². The molecule has 0 saturated carbocycles. The average Bonchev–Trinajstić information content (AvgIpc) is 3.09. The highest BCUT2D eigenvalue weighted by molar-refractivity contribution is 7.09. The summed E-state index contributed by atoms with van der Waals surface area (Å²) in [6, 6.07) is 3.97. The molecule has 2 aromatic heterocycles. The van der Waals surface area contributed by atoms with Gasteiger partial charge in [-0.1, -0.05) is 6.07 Å². The number of pyridine rings is 1. The highest BCUT2D eigenvalue weighted by Gasteiger charge is 2.17. The number of nitrogens with one attached hydrogen (secondary N) is 1. The molecule has 0 radical (unpaired) electrons. The van der Waals surface area contributed by atoms with Gasteiger partial charge in [-0.15, -0.1) is 11.3 Å². The minimum absolute atomic E-state index is 0.190. The largest absolute Gasteiger partial charge is 0.378 e. The van der Waals surface area contributed by atoms with E-state index in [-0.39, 0.29) is 12.0 Å². The number of amides is 1. The molecule has 1 fully saturated rings. The normalized spacial score (nSPS) is 17.5. The predicted molar refractivity (Wildman–Crippen MR) is 95.9 cm³/mol. The van der Waals surface area contributed by atoms with Crippen molar-refractivity contribution in [3.05, 3.63) is 40.0 Å². The van der Waals surface area contributed by atoms with Crippen LogP contribution in [-0.2, 0) is 22.6 Å². The summed E-state index contributed by atoms with van der Waals surface area (Å²) < 4.78 is 10.6. The Bertz CT molecular complexity index is 704. The highest BCUT2D eigenvalue weighted by atomic mass is 32.1. The number of ether oxygens (including phenoxy) is 2. The van der Waals surface area contributed by atoms with Gasteiger partial charge < -0.3 is 19.7 Å². The molecule has 3 heterocycles. The first-order valence-corrected chi connectivity index (χ1v) is 9.06. The summed E-state index contributed by atoms with van der Waals surface area (Å²) in [5.74, 6) is 0.749. The fourth-order valence-corrected chi connectivity index (χ4v) is 3.36. The molecule has 1 aliphatic rings. The maximum absolute atomic E-state index is 12.1. The van der Waals surface area contributed by atoms with Crippen molar-refractivity contribution in [1.29, 1.82) is 0 Å². The first kappa shape index (κ1) is 17.8. The third-order valence-electron chi connectivity index (χ3n) is 3.88. The van der Waals surface area contributed by atoms with E-state index in [4.69, 9.17) is 9.47 Å². The lowest BCUT2D eigenvalue weighted by molar-refractivity contribution is 0.0529. The molecule has 1 N–H and O–H groups in total. The zero-order chi connectivity index (χ0) is 17.6. The summed E-state index contributed by atoms with van der Waals surface area (Å²) in [6.07, 6.45) is 2.02. The van der Waals surface area contributed by atoms with E-state index in [1.54, 1.807) is 18.7 Å². The molecule has 0 aromatic carbocycles. The zero-order valence-corrected chi connectivity index (χ0v) is 15.2. The number of carbonyl (C=O) groups excluding carboxylic acids is 1. The SMILES string of the molecule is COCc1nc(C(=O)NCc2ccc(N3CCOC(C)C3)nc2)cs1. The van der Waals surface area contributed by atoms with Crippen LogP contribution in [0.5, 0.6) is 0 Å². The monoisotopic (exact) mass is 362 g/mol. The Balaban J connectivity index is 1.53. The lowest BCUT2D eigenvalue weighted by atomic mass is 10.2. The molecule has 1 amide bonds. The van der Waals surface area contributed by atoms with Crippen molar-refractivity contribution in [2.75, 3.05) is 31.7 Å². The van der Waals surface area contributed by atoms with Crippen molar-refractivity contribution in [1.82, 2.24) is 15.3 Å². The third kappa shape index (κ3) is 4.75. The van der Waals surface area contributed by atoms with Crippen molar-refractivity contribution in [3.8, 4) is 0 Å². The number of anilines is 1. The van der Waals surface area contributed by atoms with Crippen molar-refractivity contribution in [3.63, 3.8) is 0 Å². The standard InChI is InChI=1S/C17H22N4O3S/c1-12-9-21(5-6-24-12)15-4-3-13(7-18-15)8-19-17(22)14-11-25-16(20-14)10-23-2/h3-4,7,11-12H,5-6,8-10H2,1-2H3,(H,19,22). The molecule has 1 atom stereocenters. The van der Waals surface area contributed by atoms with E-state index in [1.165, 1.54) is 11.3 Å². The lowest BCUT2D eigenvalue weighted by Gasteiger charge is -2.32. The fraction of sp³-hybridized carbons (Fsp3) is 0.471. The number of hydrogen-bond donors (Lipinski definition) is 1. The van der Waals surface area contributed by atoms with E-state index < -0.39 is 0 Å². The first-order valence-electron chi connectivity index (χ1n) is 8.18. The zero-order valence-electron chi connectivity index (χ0n) is 14.4. The van der Waals surface area contributed by atoms with E-state index in [1.807, 2.05) is 12.1 Å². The molecule has 134 valence electrons. The molecule has 0 bridgehead atoms. The van der Waals surface area contributed by atoms with Gasteiger partial charge in [-0.2, -0.15) is 0 Å². The third-order valence-corrected chi connectivity index (χ3v) is 4.70. The molecule has 0 aliphatic carbocycles. The van der Waals surface area contributed by atoms with Gasteiger partial charge in [0.25, 0.3) is 5.91 Å². The summed E-state index contributed by atoms with van der Waals surface area (Å²) in [4.78, 5) is 23.1. The number of aromatic nitrogens is 2. The Morgan fingerprint density at radius 3 is 3.12 bits per heavy atom. The van der Waals surface area contributed by atoms with Gasteiger partial charge in [0, 0.05) is 38.3 Å². The molecule has 7 nitrogen and oxygen atoms in total. The molecule has 0 spiro atoms. The molecule has 1 unspecified atom stereocenters. The lowest BCUT2D eigenvalue weighted by Crippen LogP contribution is -2.41. The molecular weight excluding hydrogens is 340 g/mol. The smallest absolute Gasteiger partial charge is 0.271 e. The quantitative estimate of drug-likeness (QED) is 0.845. The van der Waals surface area contributed by atoms with E-state index in [9.17, 15) is 4.79 Å². The predicted octanol–water partition coefficient (Wildman–Crippen LogP) is 1.84. The van der Waals surface area contributed by atoms with Crippen molar-refractivity contribution in [2.45, 2.75) is 26.2 Å². The fourth-order valence-electron chi connectivity index (χ4n) is 2.61. The number of carbonyl (C=O) groups is 1. The Morgan fingerprint density at radius 1 is 1.52 bits per heavy atom. The van der Waals surface area contributed by atoms with Crippen LogP contribution < -0.4 is 10.2 Å². The van der Waals surface area contributed by atoms with E-state index in [0.29, 0.717) is 18.8 Å². The molecule has 2 aromatic rings. The minimum atomic E-state index is -0.190. The number of thiazole rings is 1. The summed E-state index contributed by atoms with van der Waals surface area (Å²) in [7, 11) is 1.61. The summed E-state index contributed by atoms with van der Waals surface area (Å²) >= 11 is 1.42. The Hall–Kier alpha value is -2.03. The molecule has 3 rings (SSSR count). The second kappa shape index (κ2) is 8.37. The molecule has 1 aliphatic heterocycles. The van der Waals surface area contributed by atoms with Gasteiger partial charge in [-0.3, -0.25) is 4.79 Å². The summed E-state index contributed by atoms with van der Waals surface area (Å²) in [5, 5.41) is 5.40. The molecule has 1 saturated heterocycles. The second-order valence-corrected chi connectivity index (χ2v) is 6.84. The Morgan fingerprint density at radius 2 is 2.40 bits per heavy atom. The maximum Gasteiger partial charge on any atom is 0.271 e. The maximum atomic E-state index is 12.1. The number of rotatable bonds is 6. The number of hydrogen-bond acceptors (Lipinski definition) is 7. The molecule has 8 heteroatoms. The topological polar surface area (TPSA) is 76.6 Å². The Kier molecular flexibility index (Phi) is 5.95. The number of methoxy groups -OCH3 is 1. The van der Waals surface area contributed by atoms with E-state index >= 15 is 0 Å². The number of morpholine rings is 1. The van der Waals surface area contributed by atoms with Crippen LogP contribution in [0.25, 0.3) is 0 Å². The van der Waals surface area contributed by atoms with Crippen LogP contribution in [0.15, 0.2) is 23.7 Å². The van der Waals surface area contributed by atoms with Crippen LogP contribution in [0.4, 0.5) is 5.82 Å². The number of nitrogens with zero attached hydrogens (tertiary/aromatic N) is 3. The Labute approximate surface area is 151 Å². The van der Waals surface area contributed by atoms with Crippen LogP contribution in [0.2, 0.25) is 0 Å². The van der Waals surface area contributed by atoms with Crippen molar-refractivity contribution in [2.24, 2.45) is 0 Å². The summed E-state index contributed by atoms with van der Waals surface area (Å²) in [6.45, 7) is 5.32. The van der Waals surface area contributed by atoms with Crippen molar-refractivity contribution >= 4 is 23.1 Å². The van der Waals surface area contributed by atoms with Crippen LogP contribution in [-0.4, -0.2) is 48.8 Å². The van der Waals surface area contributed by atoms with Gasteiger partial charge in [0.15, 0.2) is 0 Å². The van der Waals surface area contributed by atoms with Crippen LogP contribution in [0.1, 0.15) is 28.0 Å². The van der Waals surface area contributed by atoms with Crippen molar-refractivity contribution < 1.29 is 14.3 Å². The molecular formula is C17H22N4O3S. The van der Waals surface area contributed by atoms with Gasteiger partial charge in [0.05, 0.1) is 19.3 Å². The highest BCUT2D eigenvalue weighted by Crippen LogP contribution is 2.15. The van der Waals surface area contributed by atoms with Crippen LogP contribution >= 0.6 is 11.3 Å². The average molecular weight is 362 g/mol. The summed E-state index contributed by atoms with van der Waals surface area (Å²) in [5.41, 5.74) is 1.37. The molecule has 25 heavy (non-hydrogen) atoms. The first-order chi connectivity index (χ1) is 12.2. The van der Waals surface area contributed by atoms with Crippen LogP contribution in [0.3, 0.4) is 0 Å². The van der Waals surface area contributed by atoms with Crippen LogP contribution in [0, 0.1) is 0 Å². The van der Waals surface area contributed by atoms with Gasteiger partial charge in [0.2, 0.25) is 0 Å². The van der Waals surface area contributed by atoms with Gasteiger partial charge in [0.1, 0.15) is 16.5 Å². The van der Waals surface area contributed by atoms with Gasteiger partial charge in [-0.25, -0.2) is 9.97 Å². The minimum Gasteiger partial charge on any atom is -0.378 e. The van der Waals surface area contributed by atoms with Gasteiger partial charge >= 0.3 is 0 Å². The van der Waals surface area contributed by atoms with Gasteiger partial charge in [-0.05, 0) is 18.6 Å². The van der Waals surface area contributed by atoms with E-state index in [0.717, 1.165) is 36.1 Å². The second-order valence-electron chi connectivity index (χ2n) is 5.89.